The van der Waals surface area contributed by atoms with E-state index in [2.05, 4.69) is 15.3 Å². The number of hydrogen-bond acceptors (Lipinski definition) is 5. The lowest BCUT2D eigenvalue weighted by molar-refractivity contribution is -0.137. The average Bonchev–Trinajstić information content (AvgIpc) is 3.00. The van der Waals surface area contributed by atoms with Gasteiger partial charge < -0.3 is 14.8 Å². The maximum absolute atomic E-state index is 12.5. The van der Waals surface area contributed by atoms with E-state index in [9.17, 15) is 13.2 Å². The van der Waals surface area contributed by atoms with Gasteiger partial charge in [-0.25, -0.2) is 9.97 Å². The zero-order chi connectivity index (χ0) is 17.0. The van der Waals surface area contributed by atoms with Gasteiger partial charge in [0.1, 0.15) is 12.2 Å². The lowest BCUT2D eigenvalue weighted by Gasteiger charge is -2.19. The van der Waals surface area contributed by atoms with Crippen molar-refractivity contribution in [2.75, 3.05) is 13.1 Å². The van der Waals surface area contributed by atoms with Gasteiger partial charge in [-0.3, -0.25) is 0 Å². The van der Waals surface area contributed by atoms with E-state index in [0.717, 1.165) is 12.1 Å². The van der Waals surface area contributed by atoms with E-state index in [4.69, 9.17) is 9.47 Å². The third-order valence-electron chi connectivity index (χ3n) is 3.65. The Hall–Kier alpha value is -2.19. The minimum atomic E-state index is -4.33. The second-order valence-electron chi connectivity index (χ2n) is 5.39. The number of benzene rings is 1. The average molecular weight is 339 g/mol. The number of ether oxygens (including phenoxy) is 2. The summed E-state index contributed by atoms with van der Waals surface area (Å²) in [7, 11) is 0. The molecule has 8 heteroatoms. The van der Waals surface area contributed by atoms with Gasteiger partial charge in [-0.2, -0.15) is 13.2 Å². The molecule has 2 heterocycles. The topological polar surface area (TPSA) is 56.3 Å². The first kappa shape index (κ1) is 16.7. The normalized spacial score (nSPS) is 21.0. The fraction of sp³-hybridized carbons (Fsp3) is 0.375. The Balaban J connectivity index is 1.55. The molecule has 0 unspecified atom stereocenters. The van der Waals surface area contributed by atoms with Crippen molar-refractivity contribution in [2.24, 2.45) is 0 Å². The number of nitrogens with zero attached hydrogens (tertiary/aromatic N) is 2. The summed E-state index contributed by atoms with van der Waals surface area (Å²) in [5.41, 5.74) is 0.000769. The van der Waals surface area contributed by atoms with Crippen molar-refractivity contribution in [2.45, 2.75) is 25.0 Å². The van der Waals surface area contributed by atoms with Crippen LogP contribution in [0.2, 0.25) is 0 Å². The lowest BCUT2D eigenvalue weighted by atomic mass is 10.1. The van der Waals surface area contributed by atoms with Crippen LogP contribution in [0.15, 0.2) is 42.7 Å². The Bertz CT molecular complexity index is 650. The molecule has 3 rings (SSSR count). The monoisotopic (exact) mass is 339 g/mol. The highest BCUT2D eigenvalue weighted by Gasteiger charge is 2.31. The predicted octanol–water partition coefficient (Wildman–Crippen LogP) is 2.43. The molecular formula is C16H16F3N3O2. The summed E-state index contributed by atoms with van der Waals surface area (Å²) in [5, 5.41) is 3.15. The molecule has 0 amide bonds. The van der Waals surface area contributed by atoms with Crippen molar-refractivity contribution in [1.82, 2.24) is 15.3 Å². The summed E-state index contributed by atoms with van der Waals surface area (Å²) in [6.45, 7) is 1.40. The molecule has 1 aromatic carbocycles. The molecule has 128 valence electrons. The zero-order valence-corrected chi connectivity index (χ0v) is 12.7. The van der Waals surface area contributed by atoms with Gasteiger partial charge in [0, 0.05) is 25.5 Å². The SMILES string of the molecule is FC(F)(F)c1ccc(CO[C@@H]2CNC[C@H]2Oc2ncccn2)cc1. The van der Waals surface area contributed by atoms with Crippen molar-refractivity contribution in [3.05, 3.63) is 53.9 Å². The van der Waals surface area contributed by atoms with Crippen molar-refractivity contribution in [3.8, 4) is 6.01 Å². The second kappa shape index (κ2) is 7.14. The molecule has 1 N–H and O–H groups in total. The van der Waals surface area contributed by atoms with Crippen LogP contribution < -0.4 is 10.1 Å². The highest BCUT2D eigenvalue weighted by atomic mass is 19.4. The van der Waals surface area contributed by atoms with Crippen LogP contribution >= 0.6 is 0 Å². The van der Waals surface area contributed by atoms with E-state index >= 15 is 0 Å². The Kier molecular flexibility index (Phi) is 4.96. The third-order valence-corrected chi connectivity index (χ3v) is 3.65. The van der Waals surface area contributed by atoms with E-state index < -0.39 is 11.7 Å². The molecule has 0 bridgehead atoms. The van der Waals surface area contributed by atoms with Crippen molar-refractivity contribution in [3.63, 3.8) is 0 Å². The van der Waals surface area contributed by atoms with Crippen LogP contribution in [0, 0.1) is 0 Å². The maximum atomic E-state index is 12.5. The molecule has 0 spiro atoms. The van der Waals surface area contributed by atoms with Gasteiger partial charge in [0.25, 0.3) is 0 Å². The van der Waals surface area contributed by atoms with E-state index in [0.29, 0.717) is 18.7 Å². The number of alkyl halides is 3. The van der Waals surface area contributed by atoms with Gasteiger partial charge in [0.2, 0.25) is 0 Å². The first-order chi connectivity index (χ1) is 11.5. The fourth-order valence-electron chi connectivity index (χ4n) is 2.39. The molecule has 1 saturated heterocycles. The van der Waals surface area contributed by atoms with Gasteiger partial charge in [0.05, 0.1) is 12.2 Å². The van der Waals surface area contributed by atoms with E-state index in [1.54, 1.807) is 18.5 Å². The summed E-state index contributed by atoms with van der Waals surface area (Å²) in [4.78, 5) is 8.01. The molecule has 1 fully saturated rings. The van der Waals surface area contributed by atoms with Crippen LogP contribution in [0.3, 0.4) is 0 Å². The Morgan fingerprint density at radius 3 is 2.38 bits per heavy atom. The lowest BCUT2D eigenvalue weighted by Crippen LogP contribution is -2.33. The summed E-state index contributed by atoms with van der Waals surface area (Å²) in [5.74, 6) is 0. The van der Waals surface area contributed by atoms with Crippen molar-refractivity contribution < 1.29 is 22.6 Å². The molecule has 1 aliphatic rings. The molecule has 24 heavy (non-hydrogen) atoms. The highest BCUT2D eigenvalue weighted by Crippen LogP contribution is 2.29. The smallest absolute Gasteiger partial charge is 0.416 e. The zero-order valence-electron chi connectivity index (χ0n) is 12.7. The molecule has 1 aliphatic heterocycles. The van der Waals surface area contributed by atoms with Gasteiger partial charge in [0.15, 0.2) is 0 Å². The molecule has 5 nitrogen and oxygen atoms in total. The first-order valence-electron chi connectivity index (χ1n) is 7.44. The van der Waals surface area contributed by atoms with Crippen LogP contribution in [0.1, 0.15) is 11.1 Å². The van der Waals surface area contributed by atoms with Crippen LogP contribution in [0.25, 0.3) is 0 Å². The van der Waals surface area contributed by atoms with E-state index in [1.165, 1.54) is 12.1 Å². The molecular weight excluding hydrogens is 323 g/mol. The quantitative estimate of drug-likeness (QED) is 0.907. The standard InChI is InChI=1S/C16H16F3N3O2/c17-16(18,19)12-4-2-11(3-5-12)10-23-13-8-20-9-14(13)24-15-21-6-1-7-22-15/h1-7,13-14,20H,8-10H2/t13-,14-/m1/s1. The maximum Gasteiger partial charge on any atom is 0.416 e. The van der Waals surface area contributed by atoms with Crippen LogP contribution in [-0.4, -0.2) is 35.3 Å². The second-order valence-corrected chi connectivity index (χ2v) is 5.39. The molecule has 2 aromatic rings. The summed E-state index contributed by atoms with van der Waals surface area (Å²) in [6.07, 6.45) is -1.63. The molecule has 2 atom stereocenters. The fourth-order valence-corrected chi connectivity index (χ4v) is 2.39. The number of aromatic nitrogens is 2. The first-order valence-corrected chi connectivity index (χ1v) is 7.44. The molecule has 0 aliphatic carbocycles. The number of nitrogens with one attached hydrogen (secondary N) is 1. The Morgan fingerprint density at radius 2 is 1.71 bits per heavy atom. The van der Waals surface area contributed by atoms with E-state index in [1.807, 2.05) is 0 Å². The Labute approximate surface area is 136 Å². The van der Waals surface area contributed by atoms with Crippen molar-refractivity contribution >= 4 is 0 Å². The van der Waals surface area contributed by atoms with Gasteiger partial charge in [-0.1, -0.05) is 12.1 Å². The minimum absolute atomic E-state index is 0.208. The predicted molar refractivity (Wildman–Crippen MR) is 79.3 cm³/mol. The van der Waals surface area contributed by atoms with Crippen molar-refractivity contribution in [1.29, 1.82) is 0 Å². The summed E-state index contributed by atoms with van der Waals surface area (Å²) in [6, 6.07) is 6.91. The highest BCUT2D eigenvalue weighted by molar-refractivity contribution is 5.24. The molecule has 0 saturated carbocycles. The van der Waals surface area contributed by atoms with Crippen LogP contribution in [0.4, 0.5) is 13.2 Å². The van der Waals surface area contributed by atoms with Gasteiger partial charge in [-0.15, -0.1) is 0 Å². The minimum Gasteiger partial charge on any atom is -0.456 e. The molecule has 1 aromatic heterocycles. The number of hydrogen-bond donors (Lipinski definition) is 1. The van der Waals surface area contributed by atoms with Crippen LogP contribution in [0.5, 0.6) is 6.01 Å². The largest absolute Gasteiger partial charge is 0.456 e. The van der Waals surface area contributed by atoms with E-state index in [-0.39, 0.29) is 24.8 Å². The summed E-state index contributed by atoms with van der Waals surface area (Å²) >= 11 is 0. The number of rotatable bonds is 5. The van der Waals surface area contributed by atoms with Crippen LogP contribution in [-0.2, 0) is 17.5 Å². The number of halogens is 3. The third kappa shape index (κ3) is 4.21. The summed E-state index contributed by atoms with van der Waals surface area (Å²) < 4.78 is 49.1. The molecule has 0 radical (unpaired) electrons. The Morgan fingerprint density at radius 1 is 1.04 bits per heavy atom. The van der Waals surface area contributed by atoms with Gasteiger partial charge >= 0.3 is 12.2 Å². The van der Waals surface area contributed by atoms with Gasteiger partial charge in [-0.05, 0) is 23.8 Å².